The third-order valence-electron chi connectivity index (χ3n) is 4.06. The first kappa shape index (κ1) is 21.3. The number of hydrogen-bond donors (Lipinski definition) is 2. The number of hydrogen-bond acceptors (Lipinski definition) is 5. The SMILES string of the molecule is COCc1c(C(=O)Nc2cc(F)ccc2NC(=O)OC(C)(C)C)oc2ccccc12. The maximum Gasteiger partial charge on any atom is 0.412 e. The molecule has 0 unspecified atom stereocenters. The van der Waals surface area contributed by atoms with Crippen LogP contribution in [0.3, 0.4) is 0 Å². The summed E-state index contributed by atoms with van der Waals surface area (Å²) in [5, 5.41) is 5.86. The highest BCUT2D eigenvalue weighted by Crippen LogP contribution is 2.29. The number of anilines is 2. The van der Waals surface area contributed by atoms with Gasteiger partial charge in [0, 0.05) is 18.1 Å². The number of furan rings is 1. The molecular formula is C22H23FN2O5. The molecule has 8 heteroatoms. The van der Waals surface area contributed by atoms with E-state index in [-0.39, 0.29) is 23.7 Å². The normalized spacial score (nSPS) is 11.4. The molecule has 3 aromatic rings. The molecule has 0 bridgehead atoms. The zero-order valence-electron chi connectivity index (χ0n) is 17.2. The van der Waals surface area contributed by atoms with Crippen LogP contribution in [0.4, 0.5) is 20.6 Å². The number of amides is 2. The average molecular weight is 414 g/mol. The molecule has 0 fully saturated rings. The summed E-state index contributed by atoms with van der Waals surface area (Å²) in [6.07, 6.45) is -0.728. The van der Waals surface area contributed by atoms with Crippen LogP contribution in [0.15, 0.2) is 46.9 Å². The number of fused-ring (bicyclic) bond motifs is 1. The standard InChI is InChI=1S/C22H23FN2O5/c1-22(2,3)30-21(27)25-16-10-9-13(23)11-17(16)24-20(26)19-15(12-28-4)14-7-5-6-8-18(14)29-19/h5-11H,12H2,1-4H3,(H,24,26)(H,25,27). The molecule has 0 atom stereocenters. The molecule has 0 saturated heterocycles. The molecule has 2 aromatic carbocycles. The van der Waals surface area contributed by atoms with Crippen LogP contribution in [-0.4, -0.2) is 24.7 Å². The Morgan fingerprint density at radius 1 is 1.07 bits per heavy atom. The largest absolute Gasteiger partial charge is 0.451 e. The number of nitrogens with one attached hydrogen (secondary N) is 2. The molecule has 7 nitrogen and oxygen atoms in total. The molecule has 30 heavy (non-hydrogen) atoms. The molecule has 0 radical (unpaired) electrons. The van der Waals surface area contributed by atoms with Gasteiger partial charge in [0.05, 0.1) is 18.0 Å². The molecule has 1 aromatic heterocycles. The summed E-state index contributed by atoms with van der Waals surface area (Å²) < 4.78 is 30.0. The van der Waals surface area contributed by atoms with E-state index in [1.54, 1.807) is 32.9 Å². The van der Waals surface area contributed by atoms with Crippen molar-refractivity contribution in [2.24, 2.45) is 0 Å². The average Bonchev–Trinajstić information content (AvgIpc) is 3.02. The first-order valence-corrected chi connectivity index (χ1v) is 9.28. The molecular weight excluding hydrogens is 391 g/mol. The minimum absolute atomic E-state index is 0.0468. The van der Waals surface area contributed by atoms with E-state index in [9.17, 15) is 14.0 Å². The Morgan fingerprint density at radius 3 is 2.50 bits per heavy atom. The molecule has 0 aliphatic rings. The third-order valence-corrected chi connectivity index (χ3v) is 4.06. The lowest BCUT2D eigenvalue weighted by atomic mass is 10.1. The van der Waals surface area contributed by atoms with Crippen molar-refractivity contribution in [3.63, 3.8) is 0 Å². The van der Waals surface area contributed by atoms with Crippen LogP contribution in [0.5, 0.6) is 0 Å². The molecule has 1 heterocycles. The van der Waals surface area contributed by atoms with Crippen LogP contribution >= 0.6 is 0 Å². The van der Waals surface area contributed by atoms with Gasteiger partial charge in [-0.2, -0.15) is 0 Å². The Labute approximate surface area is 173 Å². The zero-order valence-corrected chi connectivity index (χ0v) is 17.2. The summed E-state index contributed by atoms with van der Waals surface area (Å²) in [4.78, 5) is 25.0. The molecule has 0 spiro atoms. The van der Waals surface area contributed by atoms with Gasteiger partial charge in [-0.05, 0) is 45.0 Å². The summed E-state index contributed by atoms with van der Waals surface area (Å²) in [6.45, 7) is 5.32. The van der Waals surface area contributed by atoms with E-state index in [4.69, 9.17) is 13.9 Å². The number of methoxy groups -OCH3 is 1. The predicted molar refractivity (Wildman–Crippen MR) is 111 cm³/mol. The Kier molecular flexibility index (Phi) is 6.07. The molecule has 0 saturated carbocycles. The quantitative estimate of drug-likeness (QED) is 0.590. The number of halogens is 1. The maximum absolute atomic E-state index is 13.8. The van der Waals surface area contributed by atoms with Crippen LogP contribution in [0.1, 0.15) is 36.9 Å². The zero-order chi connectivity index (χ0) is 21.9. The molecule has 2 amide bonds. The highest BCUT2D eigenvalue weighted by molar-refractivity contribution is 6.08. The van der Waals surface area contributed by atoms with Crippen molar-refractivity contribution in [2.45, 2.75) is 33.0 Å². The lowest BCUT2D eigenvalue weighted by molar-refractivity contribution is 0.0635. The van der Waals surface area contributed by atoms with E-state index >= 15 is 0 Å². The first-order valence-electron chi connectivity index (χ1n) is 9.28. The number of carbonyl (C=O) groups excluding carboxylic acids is 2. The predicted octanol–water partition coefficient (Wildman–Crippen LogP) is 5.32. The second kappa shape index (κ2) is 8.54. The van der Waals surface area contributed by atoms with Crippen molar-refractivity contribution < 1.29 is 27.9 Å². The van der Waals surface area contributed by atoms with Crippen LogP contribution in [-0.2, 0) is 16.1 Å². The minimum Gasteiger partial charge on any atom is -0.451 e. The topological polar surface area (TPSA) is 89.8 Å². The number of rotatable bonds is 5. The van der Waals surface area contributed by atoms with Crippen molar-refractivity contribution in [1.29, 1.82) is 0 Å². The Balaban J connectivity index is 1.90. The monoisotopic (exact) mass is 414 g/mol. The summed E-state index contributed by atoms with van der Waals surface area (Å²) in [5.41, 5.74) is 0.638. The summed E-state index contributed by atoms with van der Waals surface area (Å²) in [5.74, 6) is -1.14. The Hall–Kier alpha value is -3.39. The fraction of sp³-hybridized carbons (Fsp3) is 0.273. The van der Waals surface area contributed by atoms with Gasteiger partial charge in [-0.1, -0.05) is 18.2 Å². The summed E-state index contributed by atoms with van der Waals surface area (Å²) in [6, 6.07) is 10.8. The Morgan fingerprint density at radius 2 is 1.80 bits per heavy atom. The molecule has 2 N–H and O–H groups in total. The van der Waals surface area contributed by atoms with E-state index in [0.717, 1.165) is 11.5 Å². The van der Waals surface area contributed by atoms with Crippen LogP contribution < -0.4 is 10.6 Å². The van der Waals surface area contributed by atoms with Gasteiger partial charge in [-0.15, -0.1) is 0 Å². The van der Waals surface area contributed by atoms with Crippen LogP contribution in [0, 0.1) is 5.82 Å². The van der Waals surface area contributed by atoms with E-state index in [2.05, 4.69) is 10.6 Å². The second-order valence-corrected chi connectivity index (χ2v) is 7.61. The van der Waals surface area contributed by atoms with Crippen molar-refractivity contribution in [2.75, 3.05) is 17.7 Å². The summed E-state index contributed by atoms with van der Waals surface area (Å²) >= 11 is 0. The van der Waals surface area contributed by atoms with E-state index in [0.29, 0.717) is 11.1 Å². The van der Waals surface area contributed by atoms with Gasteiger partial charge in [-0.25, -0.2) is 9.18 Å². The molecule has 0 aliphatic heterocycles. The van der Waals surface area contributed by atoms with Crippen LogP contribution in [0.25, 0.3) is 11.0 Å². The first-order chi connectivity index (χ1) is 14.2. The minimum atomic E-state index is -0.728. The molecule has 158 valence electrons. The number of para-hydroxylation sites is 1. The van der Waals surface area contributed by atoms with Crippen molar-refractivity contribution in [1.82, 2.24) is 0 Å². The van der Waals surface area contributed by atoms with Gasteiger partial charge in [0.2, 0.25) is 0 Å². The smallest absolute Gasteiger partial charge is 0.412 e. The highest BCUT2D eigenvalue weighted by Gasteiger charge is 2.22. The van der Waals surface area contributed by atoms with E-state index in [1.807, 2.05) is 12.1 Å². The number of benzene rings is 2. The lowest BCUT2D eigenvalue weighted by Crippen LogP contribution is -2.27. The van der Waals surface area contributed by atoms with Crippen molar-refractivity contribution >= 4 is 34.3 Å². The fourth-order valence-electron chi connectivity index (χ4n) is 2.89. The highest BCUT2D eigenvalue weighted by atomic mass is 19.1. The van der Waals surface area contributed by atoms with Crippen LogP contribution in [0.2, 0.25) is 0 Å². The Bertz CT molecular complexity index is 1080. The van der Waals surface area contributed by atoms with Gasteiger partial charge in [0.1, 0.15) is 17.0 Å². The van der Waals surface area contributed by atoms with Gasteiger partial charge >= 0.3 is 6.09 Å². The van der Waals surface area contributed by atoms with Gasteiger partial charge in [0.25, 0.3) is 5.91 Å². The molecule has 0 aliphatic carbocycles. The summed E-state index contributed by atoms with van der Waals surface area (Å²) in [7, 11) is 1.51. The number of carbonyl (C=O) groups is 2. The van der Waals surface area contributed by atoms with Gasteiger partial charge in [0.15, 0.2) is 5.76 Å². The lowest BCUT2D eigenvalue weighted by Gasteiger charge is -2.20. The third kappa shape index (κ3) is 4.96. The second-order valence-electron chi connectivity index (χ2n) is 7.61. The fourth-order valence-corrected chi connectivity index (χ4v) is 2.89. The van der Waals surface area contributed by atoms with Crippen molar-refractivity contribution in [3.05, 3.63) is 59.6 Å². The molecule has 3 rings (SSSR count). The van der Waals surface area contributed by atoms with Gasteiger partial charge in [-0.3, -0.25) is 10.1 Å². The number of ether oxygens (including phenoxy) is 2. The van der Waals surface area contributed by atoms with Gasteiger partial charge < -0.3 is 19.2 Å². The van der Waals surface area contributed by atoms with E-state index < -0.39 is 23.4 Å². The van der Waals surface area contributed by atoms with Crippen molar-refractivity contribution in [3.8, 4) is 0 Å². The maximum atomic E-state index is 13.8. The van der Waals surface area contributed by atoms with E-state index in [1.165, 1.54) is 19.2 Å².